The van der Waals surface area contributed by atoms with Crippen LogP contribution in [0, 0.1) is 0 Å². The Labute approximate surface area is 110 Å². The molecule has 0 bridgehead atoms. The molecule has 18 heavy (non-hydrogen) atoms. The van der Waals surface area contributed by atoms with Gasteiger partial charge < -0.3 is 20.7 Å². The zero-order chi connectivity index (χ0) is 13.2. The highest BCUT2D eigenvalue weighted by Gasteiger charge is 1.99. The largest absolute Gasteiger partial charge is 0.492 e. The minimum absolute atomic E-state index is 0.641. The number of nitrogens with two attached hydrogens (primary N) is 1. The van der Waals surface area contributed by atoms with Gasteiger partial charge in [0.2, 0.25) is 0 Å². The van der Waals surface area contributed by atoms with Crippen molar-refractivity contribution in [2.75, 3.05) is 44.6 Å². The van der Waals surface area contributed by atoms with Crippen molar-refractivity contribution >= 4 is 5.69 Å². The first-order chi connectivity index (χ1) is 8.80. The number of anilines is 1. The minimum Gasteiger partial charge on any atom is -0.492 e. The van der Waals surface area contributed by atoms with Crippen LogP contribution in [0.25, 0.3) is 0 Å². The lowest BCUT2D eigenvalue weighted by atomic mass is 10.3. The third-order valence-electron chi connectivity index (χ3n) is 2.90. The van der Waals surface area contributed by atoms with E-state index in [0.29, 0.717) is 6.54 Å². The summed E-state index contributed by atoms with van der Waals surface area (Å²) in [6.07, 6.45) is 0. The van der Waals surface area contributed by atoms with Gasteiger partial charge in [0, 0.05) is 25.3 Å². The molecule has 1 aromatic rings. The predicted molar refractivity (Wildman–Crippen MR) is 77.3 cm³/mol. The van der Waals surface area contributed by atoms with Crippen LogP contribution in [0.4, 0.5) is 5.69 Å². The lowest BCUT2D eigenvalue weighted by Crippen LogP contribution is -2.27. The van der Waals surface area contributed by atoms with Gasteiger partial charge in [0.15, 0.2) is 0 Å². The molecule has 0 aliphatic carbocycles. The second-order valence-corrected chi connectivity index (χ2v) is 4.12. The molecule has 0 aliphatic heterocycles. The third kappa shape index (κ3) is 5.38. The fraction of sp³-hybridized carbons (Fsp3) is 0.571. The molecule has 102 valence electrons. The summed E-state index contributed by atoms with van der Waals surface area (Å²) >= 11 is 0. The van der Waals surface area contributed by atoms with Crippen LogP contribution in [-0.2, 0) is 0 Å². The molecule has 0 unspecified atom stereocenters. The molecule has 1 rings (SSSR count). The maximum absolute atomic E-state index is 5.71. The summed E-state index contributed by atoms with van der Waals surface area (Å²) in [5, 5.41) is 3.23. The van der Waals surface area contributed by atoms with Crippen LogP contribution in [0.2, 0.25) is 0 Å². The van der Waals surface area contributed by atoms with Crippen molar-refractivity contribution in [1.29, 1.82) is 0 Å². The van der Waals surface area contributed by atoms with Crippen LogP contribution >= 0.6 is 0 Å². The molecule has 0 atom stereocenters. The van der Waals surface area contributed by atoms with E-state index in [9.17, 15) is 0 Å². The van der Waals surface area contributed by atoms with Gasteiger partial charge in [0.1, 0.15) is 12.4 Å². The summed E-state index contributed by atoms with van der Waals surface area (Å²) in [7, 11) is 0. The van der Waals surface area contributed by atoms with E-state index in [1.165, 1.54) is 0 Å². The number of nitrogens with one attached hydrogen (secondary N) is 1. The highest BCUT2D eigenvalue weighted by molar-refractivity contribution is 5.46. The molecule has 0 aliphatic rings. The van der Waals surface area contributed by atoms with Crippen molar-refractivity contribution < 1.29 is 4.74 Å². The first kappa shape index (κ1) is 14.8. The predicted octanol–water partition coefficient (Wildman–Crippen LogP) is 1.78. The third-order valence-corrected chi connectivity index (χ3v) is 2.90. The lowest BCUT2D eigenvalue weighted by molar-refractivity contribution is 0.223. The number of nitrogens with zero attached hydrogens (tertiary/aromatic N) is 1. The summed E-state index contributed by atoms with van der Waals surface area (Å²) in [6, 6.07) is 8.01. The smallest absolute Gasteiger partial charge is 0.119 e. The van der Waals surface area contributed by atoms with Crippen molar-refractivity contribution in [2.45, 2.75) is 13.8 Å². The Kier molecular flexibility index (Phi) is 7.22. The average molecular weight is 251 g/mol. The Bertz CT molecular complexity index is 309. The summed E-state index contributed by atoms with van der Waals surface area (Å²) in [6.45, 7) is 9.62. The van der Waals surface area contributed by atoms with E-state index in [1.807, 2.05) is 24.3 Å². The molecular weight excluding hydrogens is 226 g/mol. The maximum atomic E-state index is 5.71. The summed E-state index contributed by atoms with van der Waals surface area (Å²) < 4.78 is 5.71. The van der Waals surface area contributed by atoms with Crippen molar-refractivity contribution in [1.82, 2.24) is 4.90 Å². The van der Waals surface area contributed by atoms with Crippen LogP contribution < -0.4 is 15.8 Å². The SMILES string of the molecule is CCN(CC)CCOc1ccc(NCCN)cc1. The molecule has 1 aromatic carbocycles. The van der Waals surface area contributed by atoms with Gasteiger partial charge in [-0.1, -0.05) is 13.8 Å². The number of hydrogen-bond acceptors (Lipinski definition) is 4. The summed E-state index contributed by atoms with van der Waals surface area (Å²) in [5.74, 6) is 0.917. The molecular formula is C14H25N3O. The summed E-state index contributed by atoms with van der Waals surface area (Å²) in [4.78, 5) is 2.34. The molecule has 0 spiro atoms. The Hall–Kier alpha value is -1.26. The van der Waals surface area contributed by atoms with E-state index in [-0.39, 0.29) is 0 Å². The van der Waals surface area contributed by atoms with Crippen molar-refractivity contribution in [3.8, 4) is 5.75 Å². The fourth-order valence-electron chi connectivity index (χ4n) is 1.72. The van der Waals surface area contributed by atoms with Crippen LogP contribution in [0.1, 0.15) is 13.8 Å². The zero-order valence-corrected chi connectivity index (χ0v) is 11.5. The number of ether oxygens (including phenoxy) is 1. The van der Waals surface area contributed by atoms with E-state index in [1.54, 1.807) is 0 Å². The number of benzene rings is 1. The van der Waals surface area contributed by atoms with E-state index >= 15 is 0 Å². The van der Waals surface area contributed by atoms with Gasteiger partial charge >= 0.3 is 0 Å². The van der Waals surface area contributed by atoms with Gasteiger partial charge in [0.05, 0.1) is 0 Å². The molecule has 4 heteroatoms. The lowest BCUT2D eigenvalue weighted by Gasteiger charge is -2.18. The van der Waals surface area contributed by atoms with Crippen molar-refractivity contribution in [3.63, 3.8) is 0 Å². The van der Waals surface area contributed by atoms with Crippen LogP contribution in [0.3, 0.4) is 0 Å². The van der Waals surface area contributed by atoms with E-state index < -0.39 is 0 Å². The molecule has 0 heterocycles. The number of rotatable bonds is 9. The minimum atomic E-state index is 0.641. The molecule has 0 radical (unpaired) electrons. The van der Waals surface area contributed by atoms with Gasteiger partial charge in [-0.25, -0.2) is 0 Å². The van der Waals surface area contributed by atoms with E-state index in [2.05, 4.69) is 24.1 Å². The quantitative estimate of drug-likeness (QED) is 0.702. The topological polar surface area (TPSA) is 50.5 Å². The van der Waals surface area contributed by atoms with Gasteiger partial charge in [-0.05, 0) is 37.4 Å². The first-order valence-electron chi connectivity index (χ1n) is 6.69. The number of likely N-dealkylation sites (N-methyl/N-ethyl adjacent to an activating group) is 1. The van der Waals surface area contributed by atoms with E-state index in [0.717, 1.165) is 44.2 Å². The molecule has 3 N–H and O–H groups in total. The number of hydrogen-bond donors (Lipinski definition) is 2. The van der Waals surface area contributed by atoms with E-state index in [4.69, 9.17) is 10.5 Å². The van der Waals surface area contributed by atoms with Crippen molar-refractivity contribution in [3.05, 3.63) is 24.3 Å². The van der Waals surface area contributed by atoms with Crippen LogP contribution in [0.15, 0.2) is 24.3 Å². The Morgan fingerprint density at radius 1 is 1.17 bits per heavy atom. The van der Waals surface area contributed by atoms with Gasteiger partial charge in [-0.15, -0.1) is 0 Å². The Morgan fingerprint density at radius 2 is 1.83 bits per heavy atom. The molecule has 0 saturated heterocycles. The van der Waals surface area contributed by atoms with Gasteiger partial charge in [-0.3, -0.25) is 0 Å². The average Bonchev–Trinajstić information content (AvgIpc) is 2.42. The standard InChI is InChI=1S/C14H25N3O/c1-3-17(4-2)11-12-18-14-7-5-13(6-8-14)16-10-9-15/h5-8,16H,3-4,9-12,15H2,1-2H3. The Morgan fingerprint density at radius 3 is 2.39 bits per heavy atom. The normalized spacial score (nSPS) is 10.7. The molecule has 4 nitrogen and oxygen atoms in total. The van der Waals surface area contributed by atoms with Crippen LogP contribution in [0.5, 0.6) is 5.75 Å². The molecule has 0 aromatic heterocycles. The Balaban J connectivity index is 2.30. The van der Waals surface area contributed by atoms with Crippen molar-refractivity contribution in [2.24, 2.45) is 5.73 Å². The van der Waals surface area contributed by atoms with Gasteiger partial charge in [0.25, 0.3) is 0 Å². The second-order valence-electron chi connectivity index (χ2n) is 4.12. The molecule has 0 saturated carbocycles. The first-order valence-corrected chi connectivity index (χ1v) is 6.69. The monoisotopic (exact) mass is 251 g/mol. The fourth-order valence-corrected chi connectivity index (χ4v) is 1.72. The zero-order valence-electron chi connectivity index (χ0n) is 11.5. The highest BCUT2D eigenvalue weighted by atomic mass is 16.5. The summed E-state index contributed by atoms with van der Waals surface area (Å²) in [5.41, 5.74) is 6.51. The molecule has 0 amide bonds. The molecule has 0 fully saturated rings. The maximum Gasteiger partial charge on any atom is 0.119 e. The second kappa shape index (κ2) is 8.78. The van der Waals surface area contributed by atoms with Crippen LogP contribution in [-0.4, -0.2) is 44.2 Å². The van der Waals surface area contributed by atoms with Gasteiger partial charge in [-0.2, -0.15) is 0 Å². The highest BCUT2D eigenvalue weighted by Crippen LogP contribution is 2.15.